The molecule has 0 heterocycles. The predicted octanol–water partition coefficient (Wildman–Crippen LogP) is 2.32. The smallest absolute Gasteiger partial charge is 0.158 e. The van der Waals surface area contributed by atoms with E-state index in [0.29, 0.717) is 12.3 Å². The molecule has 1 saturated carbocycles. The molecule has 0 aromatic heterocycles. The lowest BCUT2D eigenvalue weighted by atomic mass is 9.61. The van der Waals surface area contributed by atoms with Gasteiger partial charge in [0.25, 0.3) is 0 Å². The molecule has 2 heteroatoms. The number of ketones is 1. The second-order valence-electron chi connectivity index (χ2n) is 5.54. The van der Waals surface area contributed by atoms with Crippen molar-refractivity contribution in [1.29, 1.82) is 0 Å². The standard InChI is InChI=1S/C13H20O2/c1-9(2)12-6-4-10(3)13(12,15)8-11(14)5-7-12/h5,7,9-10,15H,4,6,8H2,1-3H3. The third-order valence-electron chi connectivity index (χ3n) is 4.65. The Labute approximate surface area is 91.4 Å². The number of hydrogen-bond acceptors (Lipinski definition) is 2. The Morgan fingerprint density at radius 1 is 1.53 bits per heavy atom. The quantitative estimate of drug-likeness (QED) is 0.718. The maximum Gasteiger partial charge on any atom is 0.158 e. The minimum Gasteiger partial charge on any atom is -0.388 e. The van der Waals surface area contributed by atoms with Gasteiger partial charge in [-0.3, -0.25) is 4.79 Å². The molecule has 0 amide bonds. The molecule has 2 rings (SSSR count). The van der Waals surface area contributed by atoms with Crippen LogP contribution in [0, 0.1) is 17.3 Å². The molecular formula is C13H20O2. The Morgan fingerprint density at radius 2 is 2.20 bits per heavy atom. The van der Waals surface area contributed by atoms with E-state index in [9.17, 15) is 9.90 Å². The first-order valence-corrected chi connectivity index (χ1v) is 5.87. The molecule has 0 aromatic rings. The third kappa shape index (κ3) is 1.24. The van der Waals surface area contributed by atoms with Gasteiger partial charge < -0.3 is 5.11 Å². The summed E-state index contributed by atoms with van der Waals surface area (Å²) in [6.45, 7) is 6.35. The molecule has 15 heavy (non-hydrogen) atoms. The van der Waals surface area contributed by atoms with Crippen LogP contribution in [-0.2, 0) is 4.79 Å². The van der Waals surface area contributed by atoms with Crippen LogP contribution in [0.5, 0.6) is 0 Å². The number of allylic oxidation sites excluding steroid dienone is 1. The van der Waals surface area contributed by atoms with Gasteiger partial charge in [-0.25, -0.2) is 0 Å². The largest absolute Gasteiger partial charge is 0.388 e. The first kappa shape index (κ1) is 10.9. The molecule has 2 aliphatic carbocycles. The van der Waals surface area contributed by atoms with E-state index >= 15 is 0 Å². The average Bonchev–Trinajstić information content (AvgIpc) is 2.40. The fraction of sp³-hybridized carbons (Fsp3) is 0.769. The topological polar surface area (TPSA) is 37.3 Å². The summed E-state index contributed by atoms with van der Waals surface area (Å²) < 4.78 is 0. The van der Waals surface area contributed by atoms with Crippen molar-refractivity contribution in [2.45, 2.75) is 45.6 Å². The van der Waals surface area contributed by atoms with Gasteiger partial charge in [0.05, 0.1) is 5.60 Å². The monoisotopic (exact) mass is 208 g/mol. The van der Waals surface area contributed by atoms with E-state index in [2.05, 4.69) is 20.8 Å². The number of hydrogen-bond donors (Lipinski definition) is 1. The summed E-state index contributed by atoms with van der Waals surface area (Å²) >= 11 is 0. The summed E-state index contributed by atoms with van der Waals surface area (Å²) in [5, 5.41) is 10.8. The zero-order chi connectivity index (χ0) is 11.3. The normalized spacial score (nSPS) is 44.9. The molecular weight excluding hydrogens is 188 g/mol. The van der Waals surface area contributed by atoms with Crippen LogP contribution in [0.4, 0.5) is 0 Å². The molecule has 3 atom stereocenters. The van der Waals surface area contributed by atoms with Crippen molar-refractivity contribution >= 4 is 5.78 Å². The van der Waals surface area contributed by atoms with Crippen molar-refractivity contribution < 1.29 is 9.90 Å². The van der Waals surface area contributed by atoms with Crippen LogP contribution in [0.25, 0.3) is 0 Å². The van der Waals surface area contributed by atoms with E-state index in [0.717, 1.165) is 12.8 Å². The van der Waals surface area contributed by atoms with Crippen molar-refractivity contribution in [2.24, 2.45) is 17.3 Å². The second kappa shape index (κ2) is 3.18. The van der Waals surface area contributed by atoms with Gasteiger partial charge in [0.1, 0.15) is 0 Å². The molecule has 0 radical (unpaired) electrons. The predicted molar refractivity (Wildman–Crippen MR) is 59.4 cm³/mol. The first-order chi connectivity index (χ1) is 6.92. The summed E-state index contributed by atoms with van der Waals surface area (Å²) in [5.74, 6) is 0.688. The summed E-state index contributed by atoms with van der Waals surface area (Å²) in [4.78, 5) is 11.5. The highest BCUT2D eigenvalue weighted by Gasteiger charge is 2.59. The molecule has 2 aliphatic rings. The summed E-state index contributed by atoms with van der Waals surface area (Å²) in [5.41, 5.74) is -0.965. The van der Waals surface area contributed by atoms with Crippen LogP contribution in [-0.4, -0.2) is 16.5 Å². The van der Waals surface area contributed by atoms with E-state index in [-0.39, 0.29) is 17.1 Å². The number of aliphatic hydroxyl groups is 1. The van der Waals surface area contributed by atoms with Crippen LogP contribution in [0.15, 0.2) is 12.2 Å². The van der Waals surface area contributed by atoms with Crippen molar-refractivity contribution in [1.82, 2.24) is 0 Å². The van der Waals surface area contributed by atoms with Crippen LogP contribution >= 0.6 is 0 Å². The van der Waals surface area contributed by atoms with Gasteiger partial charge in [-0.1, -0.05) is 26.8 Å². The van der Waals surface area contributed by atoms with Gasteiger partial charge >= 0.3 is 0 Å². The molecule has 1 N–H and O–H groups in total. The molecule has 0 bridgehead atoms. The molecule has 1 fully saturated rings. The minimum absolute atomic E-state index is 0.0718. The summed E-state index contributed by atoms with van der Waals surface area (Å²) in [6, 6.07) is 0. The SMILES string of the molecule is CC1CCC2(C(C)C)C=CC(=O)CC12O. The van der Waals surface area contributed by atoms with Crippen molar-refractivity contribution in [3.8, 4) is 0 Å². The highest BCUT2D eigenvalue weighted by Crippen LogP contribution is 2.58. The first-order valence-electron chi connectivity index (χ1n) is 5.87. The Bertz CT molecular complexity index is 318. The molecule has 0 aliphatic heterocycles. The van der Waals surface area contributed by atoms with E-state index < -0.39 is 5.60 Å². The van der Waals surface area contributed by atoms with Gasteiger partial charge in [-0.05, 0) is 30.8 Å². The van der Waals surface area contributed by atoms with Crippen LogP contribution < -0.4 is 0 Å². The van der Waals surface area contributed by atoms with Gasteiger partial charge in [-0.2, -0.15) is 0 Å². The maximum absolute atomic E-state index is 11.5. The molecule has 3 unspecified atom stereocenters. The summed E-state index contributed by atoms with van der Waals surface area (Å²) in [6.07, 6.45) is 5.99. The van der Waals surface area contributed by atoms with Crippen molar-refractivity contribution in [2.75, 3.05) is 0 Å². The Balaban J connectivity index is 2.50. The summed E-state index contributed by atoms with van der Waals surface area (Å²) in [7, 11) is 0. The lowest BCUT2D eigenvalue weighted by Crippen LogP contribution is -2.52. The number of carbonyl (C=O) groups is 1. The van der Waals surface area contributed by atoms with E-state index in [1.807, 2.05) is 6.08 Å². The Morgan fingerprint density at radius 3 is 2.80 bits per heavy atom. The maximum atomic E-state index is 11.5. The van der Waals surface area contributed by atoms with Crippen molar-refractivity contribution in [3.63, 3.8) is 0 Å². The minimum atomic E-state index is -0.799. The van der Waals surface area contributed by atoms with Gasteiger partial charge in [0.2, 0.25) is 0 Å². The van der Waals surface area contributed by atoms with Crippen LogP contribution in [0.1, 0.15) is 40.0 Å². The highest BCUT2D eigenvalue weighted by molar-refractivity contribution is 5.92. The van der Waals surface area contributed by atoms with Gasteiger partial charge in [0.15, 0.2) is 5.78 Å². The van der Waals surface area contributed by atoms with Gasteiger partial charge in [0, 0.05) is 11.8 Å². The Kier molecular flexibility index (Phi) is 2.30. The van der Waals surface area contributed by atoms with Crippen LogP contribution in [0.2, 0.25) is 0 Å². The zero-order valence-electron chi connectivity index (χ0n) is 9.79. The lowest BCUT2D eigenvalue weighted by molar-refractivity contribution is -0.134. The third-order valence-corrected chi connectivity index (χ3v) is 4.65. The number of carbonyl (C=O) groups excluding carboxylic acids is 1. The zero-order valence-corrected chi connectivity index (χ0v) is 9.79. The molecule has 0 saturated heterocycles. The fourth-order valence-electron chi connectivity index (χ4n) is 3.48. The second-order valence-corrected chi connectivity index (χ2v) is 5.54. The number of fused-ring (bicyclic) bond motifs is 1. The Hall–Kier alpha value is -0.630. The highest BCUT2D eigenvalue weighted by atomic mass is 16.3. The molecule has 0 aromatic carbocycles. The fourth-order valence-corrected chi connectivity index (χ4v) is 3.48. The van der Waals surface area contributed by atoms with Crippen molar-refractivity contribution in [3.05, 3.63) is 12.2 Å². The molecule has 84 valence electrons. The van der Waals surface area contributed by atoms with E-state index in [1.165, 1.54) is 0 Å². The molecule has 0 spiro atoms. The van der Waals surface area contributed by atoms with Crippen LogP contribution in [0.3, 0.4) is 0 Å². The molecule has 2 nitrogen and oxygen atoms in total. The van der Waals surface area contributed by atoms with Gasteiger partial charge in [-0.15, -0.1) is 0 Å². The number of rotatable bonds is 1. The average molecular weight is 208 g/mol. The lowest BCUT2D eigenvalue weighted by Gasteiger charge is -2.47. The van der Waals surface area contributed by atoms with E-state index in [4.69, 9.17) is 0 Å². The van der Waals surface area contributed by atoms with E-state index in [1.54, 1.807) is 6.08 Å².